The van der Waals surface area contributed by atoms with Crippen LogP contribution in [-0.4, -0.2) is 53.7 Å². The summed E-state index contributed by atoms with van der Waals surface area (Å²) in [6.07, 6.45) is 3.33. The summed E-state index contributed by atoms with van der Waals surface area (Å²) >= 11 is 0. The maximum absolute atomic E-state index is 10.4. The molecule has 21 heavy (non-hydrogen) atoms. The van der Waals surface area contributed by atoms with Crippen LogP contribution in [0.1, 0.15) is 42.1 Å². The normalized spacial score (nSPS) is 22.4. The molecule has 1 aromatic carbocycles. The molecule has 3 heteroatoms. The van der Waals surface area contributed by atoms with Crippen LogP contribution in [0.25, 0.3) is 0 Å². The summed E-state index contributed by atoms with van der Waals surface area (Å²) in [6, 6.07) is 7.28. The fraction of sp³-hybridized carbons (Fsp3) is 0.667. The molecule has 2 fully saturated rings. The summed E-state index contributed by atoms with van der Waals surface area (Å²) in [5, 5.41) is 10.4. The second-order valence-electron chi connectivity index (χ2n) is 6.83. The minimum Gasteiger partial charge on any atom is -0.388 e. The Bertz CT molecular complexity index is 456. The smallest absolute Gasteiger partial charge is 0.0802 e. The van der Waals surface area contributed by atoms with Crippen LogP contribution < -0.4 is 0 Å². The van der Waals surface area contributed by atoms with E-state index in [1.54, 1.807) is 0 Å². The van der Waals surface area contributed by atoms with Crippen molar-refractivity contribution in [3.05, 3.63) is 34.9 Å². The Kier molecular flexibility index (Phi) is 4.63. The summed E-state index contributed by atoms with van der Waals surface area (Å²) in [6.45, 7) is 9.95. The Morgan fingerprint density at radius 1 is 1.05 bits per heavy atom. The molecule has 1 heterocycles. The zero-order valence-corrected chi connectivity index (χ0v) is 13.4. The van der Waals surface area contributed by atoms with Crippen molar-refractivity contribution in [1.29, 1.82) is 0 Å². The number of piperazine rings is 1. The van der Waals surface area contributed by atoms with E-state index in [4.69, 9.17) is 0 Å². The third kappa shape index (κ3) is 4.06. The number of aryl methyl sites for hydroxylation is 2. The molecule has 3 rings (SSSR count). The van der Waals surface area contributed by atoms with E-state index >= 15 is 0 Å². The SMILES string of the molecule is Cc1cc(C)cc(C(O)CCN2CCN(C3CC3)CC2)c1. The molecule has 1 saturated carbocycles. The number of nitrogens with zero attached hydrogens (tertiary/aromatic N) is 2. The van der Waals surface area contributed by atoms with Gasteiger partial charge in [-0.05, 0) is 38.7 Å². The van der Waals surface area contributed by atoms with E-state index < -0.39 is 0 Å². The quantitative estimate of drug-likeness (QED) is 0.902. The van der Waals surface area contributed by atoms with Crippen LogP contribution >= 0.6 is 0 Å². The molecule has 0 amide bonds. The van der Waals surface area contributed by atoms with Gasteiger partial charge in [-0.2, -0.15) is 0 Å². The van der Waals surface area contributed by atoms with E-state index in [1.165, 1.54) is 37.1 Å². The minimum absolute atomic E-state index is 0.329. The minimum atomic E-state index is -0.329. The van der Waals surface area contributed by atoms with Gasteiger partial charge in [-0.1, -0.05) is 29.3 Å². The van der Waals surface area contributed by atoms with Gasteiger partial charge in [-0.25, -0.2) is 0 Å². The number of rotatable bonds is 5. The number of hydrogen-bond donors (Lipinski definition) is 1. The van der Waals surface area contributed by atoms with Crippen molar-refractivity contribution in [3.8, 4) is 0 Å². The monoisotopic (exact) mass is 288 g/mol. The van der Waals surface area contributed by atoms with Crippen molar-refractivity contribution in [2.24, 2.45) is 0 Å². The van der Waals surface area contributed by atoms with Gasteiger partial charge < -0.3 is 10.0 Å². The van der Waals surface area contributed by atoms with Crippen molar-refractivity contribution >= 4 is 0 Å². The van der Waals surface area contributed by atoms with Gasteiger partial charge in [0.05, 0.1) is 6.10 Å². The molecule has 0 spiro atoms. The Morgan fingerprint density at radius 3 is 2.24 bits per heavy atom. The molecule has 1 aliphatic heterocycles. The first-order valence-electron chi connectivity index (χ1n) is 8.34. The van der Waals surface area contributed by atoms with Crippen molar-refractivity contribution < 1.29 is 5.11 Å². The number of hydrogen-bond acceptors (Lipinski definition) is 3. The van der Waals surface area contributed by atoms with E-state index in [2.05, 4.69) is 41.8 Å². The van der Waals surface area contributed by atoms with Crippen LogP contribution in [0.4, 0.5) is 0 Å². The van der Waals surface area contributed by atoms with Crippen LogP contribution in [0.15, 0.2) is 18.2 Å². The van der Waals surface area contributed by atoms with E-state index in [0.29, 0.717) is 0 Å². The first-order chi connectivity index (χ1) is 10.1. The average molecular weight is 288 g/mol. The van der Waals surface area contributed by atoms with Crippen LogP contribution in [0.5, 0.6) is 0 Å². The Balaban J connectivity index is 1.46. The molecule has 1 unspecified atom stereocenters. The van der Waals surface area contributed by atoms with E-state index in [1.807, 2.05) is 0 Å². The third-order valence-electron chi connectivity index (χ3n) is 4.82. The lowest BCUT2D eigenvalue weighted by molar-refractivity contribution is 0.0990. The topological polar surface area (TPSA) is 26.7 Å². The van der Waals surface area contributed by atoms with Gasteiger partial charge in [0, 0.05) is 38.8 Å². The highest BCUT2D eigenvalue weighted by molar-refractivity contribution is 5.29. The van der Waals surface area contributed by atoms with Gasteiger partial charge in [-0.15, -0.1) is 0 Å². The summed E-state index contributed by atoms with van der Waals surface area (Å²) in [5.74, 6) is 0. The van der Waals surface area contributed by atoms with Crippen LogP contribution in [0, 0.1) is 13.8 Å². The fourth-order valence-corrected chi connectivity index (χ4v) is 3.47. The molecule has 1 saturated heterocycles. The lowest BCUT2D eigenvalue weighted by Crippen LogP contribution is -2.47. The standard InChI is InChI=1S/C18H28N2O/c1-14-11-15(2)13-16(12-14)18(21)5-6-19-7-9-20(10-8-19)17-3-4-17/h11-13,17-18,21H,3-10H2,1-2H3. The molecule has 2 aliphatic rings. The highest BCUT2D eigenvalue weighted by Gasteiger charge is 2.31. The molecule has 0 aromatic heterocycles. The zero-order chi connectivity index (χ0) is 14.8. The summed E-state index contributed by atoms with van der Waals surface area (Å²) in [7, 11) is 0. The van der Waals surface area contributed by atoms with Crippen molar-refractivity contribution in [1.82, 2.24) is 9.80 Å². The predicted molar refractivity (Wildman–Crippen MR) is 86.5 cm³/mol. The molecular weight excluding hydrogens is 260 g/mol. The van der Waals surface area contributed by atoms with Gasteiger partial charge in [-0.3, -0.25) is 4.90 Å². The lowest BCUT2D eigenvalue weighted by Gasteiger charge is -2.35. The Hall–Kier alpha value is -0.900. The van der Waals surface area contributed by atoms with Gasteiger partial charge >= 0.3 is 0 Å². The largest absolute Gasteiger partial charge is 0.388 e. The maximum Gasteiger partial charge on any atom is 0.0802 e. The van der Waals surface area contributed by atoms with Gasteiger partial charge in [0.1, 0.15) is 0 Å². The van der Waals surface area contributed by atoms with Crippen molar-refractivity contribution in [3.63, 3.8) is 0 Å². The van der Waals surface area contributed by atoms with Crippen molar-refractivity contribution in [2.45, 2.75) is 45.3 Å². The fourth-order valence-electron chi connectivity index (χ4n) is 3.47. The second-order valence-corrected chi connectivity index (χ2v) is 6.83. The average Bonchev–Trinajstić information content (AvgIpc) is 3.29. The molecule has 0 bridgehead atoms. The molecule has 116 valence electrons. The van der Waals surface area contributed by atoms with Crippen LogP contribution in [0.3, 0.4) is 0 Å². The number of aliphatic hydroxyl groups is 1. The lowest BCUT2D eigenvalue weighted by atomic mass is 10.0. The maximum atomic E-state index is 10.4. The Morgan fingerprint density at radius 2 is 1.67 bits per heavy atom. The molecule has 1 aromatic rings. The summed E-state index contributed by atoms with van der Waals surface area (Å²) < 4.78 is 0. The number of aliphatic hydroxyl groups excluding tert-OH is 1. The summed E-state index contributed by atoms with van der Waals surface area (Å²) in [4.78, 5) is 5.14. The molecule has 1 N–H and O–H groups in total. The third-order valence-corrected chi connectivity index (χ3v) is 4.82. The highest BCUT2D eigenvalue weighted by atomic mass is 16.3. The second kappa shape index (κ2) is 6.47. The van der Waals surface area contributed by atoms with Gasteiger partial charge in [0.15, 0.2) is 0 Å². The van der Waals surface area contributed by atoms with Crippen LogP contribution in [0.2, 0.25) is 0 Å². The van der Waals surface area contributed by atoms with Crippen molar-refractivity contribution in [2.75, 3.05) is 32.7 Å². The first-order valence-corrected chi connectivity index (χ1v) is 8.34. The Labute approximate surface area is 128 Å². The predicted octanol–water partition coefficient (Wildman–Crippen LogP) is 2.51. The van der Waals surface area contributed by atoms with Gasteiger partial charge in [0.25, 0.3) is 0 Å². The highest BCUT2D eigenvalue weighted by Crippen LogP contribution is 2.27. The number of benzene rings is 1. The molecule has 1 atom stereocenters. The zero-order valence-electron chi connectivity index (χ0n) is 13.4. The molecule has 1 aliphatic carbocycles. The van der Waals surface area contributed by atoms with E-state index in [-0.39, 0.29) is 6.10 Å². The molecular formula is C18H28N2O. The summed E-state index contributed by atoms with van der Waals surface area (Å²) in [5.41, 5.74) is 3.55. The first kappa shape index (κ1) is 15.0. The van der Waals surface area contributed by atoms with Gasteiger partial charge in [0.2, 0.25) is 0 Å². The molecule has 3 nitrogen and oxygen atoms in total. The van der Waals surface area contributed by atoms with Crippen LogP contribution in [-0.2, 0) is 0 Å². The van der Waals surface area contributed by atoms with E-state index in [0.717, 1.165) is 37.7 Å². The van der Waals surface area contributed by atoms with E-state index in [9.17, 15) is 5.11 Å². The molecule has 0 radical (unpaired) electrons.